The van der Waals surface area contributed by atoms with Crippen LogP contribution in [0.1, 0.15) is 125 Å². The molecule has 2 aromatic carbocycles. The van der Waals surface area contributed by atoms with E-state index >= 15 is 0 Å². The highest BCUT2D eigenvalue weighted by Crippen LogP contribution is 2.47. The van der Waals surface area contributed by atoms with Gasteiger partial charge in [0.05, 0.1) is 23.3 Å². The number of ether oxygens (including phenoxy) is 2. The average Bonchev–Trinajstić information content (AvgIpc) is 4.00. The van der Waals surface area contributed by atoms with Gasteiger partial charge in [0.2, 0.25) is 0 Å². The minimum Gasteiger partial charge on any atom is -0.437 e. The number of ketones is 1. The van der Waals surface area contributed by atoms with Crippen molar-refractivity contribution in [2.24, 2.45) is 39.8 Å². The maximum absolute atomic E-state index is 14.0. The van der Waals surface area contributed by atoms with Crippen molar-refractivity contribution < 1.29 is 29.4 Å². The molecule has 9 heteroatoms. The Labute approximate surface area is 355 Å². The number of nitrogens with one attached hydrogen (secondary N) is 2. The molecule has 5 heterocycles. The minimum absolute atomic E-state index is 0.0201. The monoisotopic (exact) mass is 809 g/mol. The quantitative estimate of drug-likeness (QED) is 0.112. The van der Waals surface area contributed by atoms with Gasteiger partial charge in [0.25, 0.3) is 6.23 Å². The van der Waals surface area contributed by atoms with Crippen LogP contribution in [-0.2, 0) is 24.1 Å². The molecule has 314 valence electrons. The number of hydrogen-bond donors (Lipinski definition) is 5. The molecule has 2 aromatic rings. The Morgan fingerprint density at radius 1 is 1.08 bits per heavy atom. The number of quaternary nitrogens is 1. The molecule has 0 radical (unpaired) electrons. The van der Waals surface area contributed by atoms with E-state index in [1.165, 1.54) is 5.56 Å². The zero-order valence-corrected chi connectivity index (χ0v) is 35.3. The van der Waals surface area contributed by atoms with Crippen LogP contribution in [0.3, 0.4) is 0 Å². The van der Waals surface area contributed by atoms with Crippen LogP contribution < -0.4 is 25.4 Å². The van der Waals surface area contributed by atoms with E-state index in [4.69, 9.17) is 20.2 Å². The minimum atomic E-state index is -1.01. The Balaban J connectivity index is 1.04. The molecule has 5 aliphatic heterocycles. The molecule has 9 nitrogen and oxygen atoms in total. The van der Waals surface area contributed by atoms with Crippen molar-refractivity contribution >= 4 is 11.5 Å². The molecule has 9 atom stereocenters. The summed E-state index contributed by atoms with van der Waals surface area (Å²) in [7, 11) is 0. The fraction of sp³-hybridized carbons (Fsp3) is 0.529. The number of carbonyl (C=O) groups excluding carboxylic acids is 1. The standard InChI is InChI=1S/C51H60N4O5/c1-3-4-5-8-39(48(58)34-13-9-32(2)10-14-34)45(57)18-11-33-12-20-46-47(27-33)60-50-42(51(24-26-59-46)22-6-7-23-51)17-19-44(56)37-15-16-38-36(21-25-53-49(38)52)40(37)28-35-29-54-43-31-55(50)30-41(35)43/h9,12-13,15-16,20,27,29-30,32,34,39,42,44,48-50,53,56,58H,3-8,10-11,14,18,21-23,25,28,31,52H2,1-2H3/p+1/t32-,34-,39+,42+,44-,48+,49+,50-/m0/s1. The van der Waals surface area contributed by atoms with Crippen molar-refractivity contribution in [3.8, 4) is 35.4 Å². The Morgan fingerprint density at radius 2 is 1.93 bits per heavy atom. The summed E-state index contributed by atoms with van der Waals surface area (Å²) in [6.07, 6.45) is 21.1. The smallest absolute Gasteiger partial charge is 0.252 e. The van der Waals surface area contributed by atoms with Crippen LogP contribution in [0, 0.1) is 53.0 Å². The summed E-state index contributed by atoms with van der Waals surface area (Å²) in [4.78, 5) is 20.1. The molecular formula is C51H61N4O5+. The number of nitrogens with zero attached hydrogens (tertiary/aromatic N) is 1. The average molecular weight is 810 g/mol. The largest absolute Gasteiger partial charge is 0.437 e. The van der Waals surface area contributed by atoms with E-state index in [0.29, 0.717) is 49.6 Å². The van der Waals surface area contributed by atoms with Gasteiger partial charge in [0.1, 0.15) is 42.4 Å². The number of benzene rings is 2. The number of allylic oxidation sites excluding steroid dienone is 2. The first kappa shape index (κ1) is 40.9. The van der Waals surface area contributed by atoms with Crippen LogP contribution in [0.2, 0.25) is 0 Å². The highest BCUT2D eigenvalue weighted by Gasteiger charge is 2.51. The number of hydrogen-bond acceptors (Lipinski definition) is 8. The zero-order chi connectivity index (χ0) is 41.4. The van der Waals surface area contributed by atoms with Crippen molar-refractivity contribution in [2.45, 2.75) is 128 Å². The number of Topliss-reactive ketones (excluding diaryl/α,β-unsaturated/α-hetero) is 1. The van der Waals surface area contributed by atoms with Crippen LogP contribution in [-0.4, -0.2) is 47.1 Å². The number of aliphatic imine (C=N–C) groups is 1. The number of nitrogens with two attached hydrogens (primary N) is 1. The van der Waals surface area contributed by atoms with E-state index in [-0.39, 0.29) is 29.7 Å². The third kappa shape index (κ3) is 8.04. The molecule has 1 unspecified atom stereocenters. The van der Waals surface area contributed by atoms with E-state index in [1.54, 1.807) is 0 Å². The van der Waals surface area contributed by atoms with Crippen LogP contribution in [0.25, 0.3) is 0 Å². The zero-order valence-electron chi connectivity index (χ0n) is 35.3. The molecular weight excluding hydrogens is 749 g/mol. The summed E-state index contributed by atoms with van der Waals surface area (Å²) in [6, 6.07) is 9.97. The van der Waals surface area contributed by atoms with Gasteiger partial charge in [-0.3, -0.25) is 20.0 Å². The SMILES string of the molecule is CCCCC[C@H](C(=O)CCc1ccc2c(c1)O[C@H]1[C@@H](C#C[C@H](O)c3ccc4c(c3CC3=CN=C5C[NH+]1C=C35)CCN[C@H]4N)C1(C#CO2)CCCC1)[C@H](O)[C@H]1C=C[C@H](C)CC1. The maximum atomic E-state index is 14.0. The molecule has 9 rings (SSSR count). The first-order valence-electron chi connectivity index (χ1n) is 22.8. The molecule has 6 N–H and O–H groups in total. The van der Waals surface area contributed by atoms with Gasteiger partial charge in [-0.25, -0.2) is 0 Å². The summed E-state index contributed by atoms with van der Waals surface area (Å²) in [5, 5.41) is 27.0. The van der Waals surface area contributed by atoms with Gasteiger partial charge in [0.15, 0.2) is 11.5 Å². The van der Waals surface area contributed by atoms with Crippen molar-refractivity contribution in [1.29, 1.82) is 0 Å². The maximum Gasteiger partial charge on any atom is 0.252 e. The second-order valence-corrected chi connectivity index (χ2v) is 18.4. The molecule has 2 bridgehead atoms. The normalized spacial score (nSPS) is 29.1. The molecule has 1 saturated carbocycles. The molecule has 60 heavy (non-hydrogen) atoms. The summed E-state index contributed by atoms with van der Waals surface area (Å²) in [5.41, 5.74) is 14.5. The first-order chi connectivity index (χ1) is 29.2. The number of fused-ring (bicyclic) bond motifs is 8. The van der Waals surface area contributed by atoms with E-state index in [9.17, 15) is 15.0 Å². The Hall–Kier alpha value is -4.48. The fourth-order valence-corrected chi connectivity index (χ4v) is 11.0. The molecule has 0 amide bonds. The predicted octanol–water partition coefficient (Wildman–Crippen LogP) is 6.10. The summed E-state index contributed by atoms with van der Waals surface area (Å²) < 4.78 is 13.5. The van der Waals surface area contributed by atoms with Crippen molar-refractivity contribution in [2.75, 3.05) is 13.1 Å². The fourth-order valence-electron chi connectivity index (χ4n) is 11.0. The van der Waals surface area contributed by atoms with Crippen LogP contribution in [0.4, 0.5) is 0 Å². The second-order valence-electron chi connectivity index (χ2n) is 18.4. The number of aliphatic hydroxyl groups is 2. The van der Waals surface area contributed by atoms with Gasteiger partial charge in [-0.1, -0.05) is 94.1 Å². The van der Waals surface area contributed by atoms with Gasteiger partial charge < -0.3 is 25.4 Å². The lowest BCUT2D eigenvalue weighted by Crippen LogP contribution is -3.13. The van der Waals surface area contributed by atoms with E-state index < -0.39 is 23.9 Å². The Bertz CT molecular complexity index is 2240. The van der Waals surface area contributed by atoms with Gasteiger partial charge in [-0.2, -0.15) is 0 Å². The molecule has 7 aliphatic rings. The number of aryl methyl sites for hydroxylation is 1. The highest BCUT2D eigenvalue weighted by atomic mass is 16.5. The highest BCUT2D eigenvalue weighted by molar-refractivity contribution is 6.08. The van der Waals surface area contributed by atoms with Gasteiger partial charge in [-0.05, 0) is 96.4 Å². The third-order valence-corrected chi connectivity index (χ3v) is 14.5. The van der Waals surface area contributed by atoms with Crippen LogP contribution in [0.15, 0.2) is 71.0 Å². The van der Waals surface area contributed by atoms with E-state index in [1.807, 2.05) is 36.5 Å². The van der Waals surface area contributed by atoms with Gasteiger partial charge in [0, 0.05) is 37.4 Å². The van der Waals surface area contributed by atoms with E-state index in [2.05, 4.69) is 61.4 Å². The van der Waals surface area contributed by atoms with Crippen molar-refractivity contribution in [1.82, 2.24) is 5.32 Å². The van der Waals surface area contributed by atoms with Gasteiger partial charge in [-0.15, -0.1) is 0 Å². The lowest BCUT2D eigenvalue weighted by atomic mass is 9.73. The third-order valence-electron chi connectivity index (χ3n) is 14.5. The lowest BCUT2D eigenvalue weighted by Gasteiger charge is -2.36. The number of aliphatic hydroxyl groups excluding tert-OH is 2. The van der Waals surface area contributed by atoms with Crippen LogP contribution in [0.5, 0.6) is 11.5 Å². The first-order valence-corrected chi connectivity index (χ1v) is 22.8. The molecule has 0 saturated heterocycles. The Kier molecular flexibility index (Phi) is 11.9. The predicted molar refractivity (Wildman–Crippen MR) is 233 cm³/mol. The van der Waals surface area contributed by atoms with Crippen molar-refractivity contribution in [3.63, 3.8) is 0 Å². The van der Waals surface area contributed by atoms with Crippen LogP contribution >= 0.6 is 0 Å². The molecule has 2 aliphatic carbocycles. The van der Waals surface area contributed by atoms with E-state index in [0.717, 1.165) is 115 Å². The molecule has 0 aromatic heterocycles. The topological polar surface area (TPSA) is 131 Å². The summed E-state index contributed by atoms with van der Waals surface area (Å²) in [6.45, 7) is 5.79. The Morgan fingerprint density at radius 3 is 2.75 bits per heavy atom. The summed E-state index contributed by atoms with van der Waals surface area (Å²) >= 11 is 0. The summed E-state index contributed by atoms with van der Waals surface area (Å²) in [5.74, 6) is 11.6. The second kappa shape index (κ2) is 17.5. The molecule has 1 fully saturated rings. The number of unbranched alkanes of at least 4 members (excludes halogenated alkanes) is 2. The molecule has 1 spiro atoms. The number of carbonyl (C=O) groups is 1. The van der Waals surface area contributed by atoms with Gasteiger partial charge >= 0.3 is 0 Å². The lowest BCUT2D eigenvalue weighted by molar-refractivity contribution is -0.888. The van der Waals surface area contributed by atoms with Crippen molar-refractivity contribution in [3.05, 3.63) is 93.8 Å². The number of rotatable bonds is 10.